The number of carbonyl (C=O) groups excluding carboxylic acids is 2. The van der Waals surface area contributed by atoms with Gasteiger partial charge >= 0.3 is 0 Å². The summed E-state index contributed by atoms with van der Waals surface area (Å²) in [5, 5.41) is 2.99. The lowest BCUT2D eigenvalue weighted by atomic mass is 10.0. The molecule has 5 heteroatoms. The van der Waals surface area contributed by atoms with Crippen molar-refractivity contribution in [1.29, 1.82) is 0 Å². The van der Waals surface area contributed by atoms with Crippen LogP contribution in [-0.2, 0) is 4.79 Å². The van der Waals surface area contributed by atoms with Gasteiger partial charge in [-0.3, -0.25) is 14.5 Å². The molecule has 0 radical (unpaired) electrons. The minimum atomic E-state index is -0.178. The first-order valence-electron chi connectivity index (χ1n) is 11.0. The molecule has 32 heavy (non-hydrogen) atoms. The highest BCUT2D eigenvalue weighted by Gasteiger charge is 2.18. The van der Waals surface area contributed by atoms with E-state index in [1.807, 2.05) is 36.4 Å². The van der Waals surface area contributed by atoms with Crippen molar-refractivity contribution in [3.63, 3.8) is 0 Å². The Balaban J connectivity index is 1.53. The quantitative estimate of drug-likeness (QED) is 0.455. The third kappa shape index (κ3) is 6.28. The number of likely N-dealkylation sites (N-methyl/N-ethyl adjacent to an activating group) is 1. The number of ether oxygens (including phenoxy) is 1. The number of hydrogen-bond acceptors (Lipinski definition) is 4. The second-order valence-electron chi connectivity index (χ2n) is 7.46. The van der Waals surface area contributed by atoms with E-state index in [4.69, 9.17) is 4.74 Å². The zero-order valence-electron chi connectivity index (χ0n) is 18.7. The summed E-state index contributed by atoms with van der Waals surface area (Å²) < 4.78 is 5.62. The largest absolute Gasteiger partial charge is 0.484 e. The smallest absolute Gasteiger partial charge is 0.258 e. The molecule has 0 heterocycles. The van der Waals surface area contributed by atoms with Gasteiger partial charge < -0.3 is 10.1 Å². The van der Waals surface area contributed by atoms with E-state index in [2.05, 4.69) is 36.2 Å². The van der Waals surface area contributed by atoms with E-state index in [-0.39, 0.29) is 24.3 Å². The number of ketones is 1. The lowest BCUT2D eigenvalue weighted by Gasteiger charge is -2.30. The van der Waals surface area contributed by atoms with Crippen molar-refractivity contribution in [3.8, 4) is 5.75 Å². The van der Waals surface area contributed by atoms with Crippen LogP contribution in [0.5, 0.6) is 5.75 Å². The van der Waals surface area contributed by atoms with Crippen LogP contribution < -0.4 is 10.1 Å². The summed E-state index contributed by atoms with van der Waals surface area (Å²) in [4.78, 5) is 27.2. The van der Waals surface area contributed by atoms with Crippen molar-refractivity contribution in [2.45, 2.75) is 19.9 Å². The highest BCUT2D eigenvalue weighted by atomic mass is 16.5. The van der Waals surface area contributed by atoms with E-state index >= 15 is 0 Å². The Bertz CT molecular complexity index is 984. The molecule has 0 unspecified atom stereocenters. The molecule has 3 aromatic carbocycles. The normalized spacial score (nSPS) is 11.7. The second kappa shape index (κ2) is 11.8. The van der Waals surface area contributed by atoms with Crippen molar-refractivity contribution in [1.82, 2.24) is 10.2 Å². The minimum absolute atomic E-state index is 0.0433. The topological polar surface area (TPSA) is 58.6 Å². The van der Waals surface area contributed by atoms with E-state index in [1.54, 1.807) is 36.4 Å². The van der Waals surface area contributed by atoms with Crippen LogP contribution in [0.25, 0.3) is 0 Å². The molecule has 0 spiro atoms. The molecule has 166 valence electrons. The molecule has 1 atom stereocenters. The van der Waals surface area contributed by atoms with Crippen LogP contribution in [0.2, 0.25) is 0 Å². The number of nitrogens with one attached hydrogen (secondary N) is 1. The van der Waals surface area contributed by atoms with Crippen LogP contribution in [0.3, 0.4) is 0 Å². The van der Waals surface area contributed by atoms with Crippen LogP contribution in [-0.4, -0.2) is 42.8 Å². The Morgan fingerprint density at radius 2 is 1.38 bits per heavy atom. The molecular formula is C27H30N2O3. The van der Waals surface area contributed by atoms with Gasteiger partial charge in [-0.25, -0.2) is 0 Å². The number of amides is 1. The van der Waals surface area contributed by atoms with Gasteiger partial charge in [0, 0.05) is 17.7 Å². The average molecular weight is 431 g/mol. The number of benzene rings is 3. The molecule has 0 saturated carbocycles. The molecule has 0 saturated heterocycles. The van der Waals surface area contributed by atoms with E-state index in [0.29, 0.717) is 23.4 Å². The molecule has 0 bridgehead atoms. The monoisotopic (exact) mass is 430 g/mol. The fourth-order valence-corrected chi connectivity index (χ4v) is 3.67. The molecule has 0 fully saturated rings. The number of hydrogen-bond donors (Lipinski definition) is 1. The Morgan fingerprint density at radius 1 is 0.812 bits per heavy atom. The zero-order chi connectivity index (χ0) is 22.8. The second-order valence-corrected chi connectivity index (χ2v) is 7.46. The summed E-state index contributed by atoms with van der Waals surface area (Å²) >= 11 is 0. The van der Waals surface area contributed by atoms with Crippen molar-refractivity contribution >= 4 is 11.7 Å². The minimum Gasteiger partial charge on any atom is -0.484 e. The first-order chi connectivity index (χ1) is 15.6. The number of nitrogens with zero attached hydrogens (tertiary/aromatic N) is 1. The molecule has 5 nitrogen and oxygen atoms in total. The Hall–Kier alpha value is -3.44. The van der Waals surface area contributed by atoms with Gasteiger partial charge in [0.25, 0.3) is 5.91 Å². The Kier molecular flexibility index (Phi) is 8.58. The van der Waals surface area contributed by atoms with Crippen molar-refractivity contribution in [2.24, 2.45) is 0 Å². The number of carbonyl (C=O) groups is 2. The first kappa shape index (κ1) is 23.2. The molecule has 1 N–H and O–H groups in total. The Morgan fingerprint density at radius 3 is 1.97 bits per heavy atom. The summed E-state index contributed by atoms with van der Waals surface area (Å²) in [6, 6.07) is 26.3. The van der Waals surface area contributed by atoms with E-state index in [1.165, 1.54) is 5.56 Å². The molecule has 0 aliphatic carbocycles. The van der Waals surface area contributed by atoms with Gasteiger partial charge in [0.1, 0.15) is 5.75 Å². The summed E-state index contributed by atoms with van der Waals surface area (Å²) in [6.45, 7) is 6.48. The zero-order valence-corrected chi connectivity index (χ0v) is 18.7. The lowest BCUT2D eigenvalue weighted by molar-refractivity contribution is -0.123. The summed E-state index contributed by atoms with van der Waals surface area (Å²) in [5.41, 5.74) is 2.40. The molecule has 1 amide bonds. The van der Waals surface area contributed by atoms with Crippen LogP contribution in [0.1, 0.15) is 41.4 Å². The highest BCUT2D eigenvalue weighted by Crippen LogP contribution is 2.19. The third-order valence-electron chi connectivity index (χ3n) is 5.45. The van der Waals surface area contributed by atoms with Crippen molar-refractivity contribution in [3.05, 3.63) is 102 Å². The molecule has 0 aromatic heterocycles. The van der Waals surface area contributed by atoms with Gasteiger partial charge in [-0.1, -0.05) is 74.5 Å². The SMILES string of the molecule is CCN(CC)[C@@H](CNC(=O)COc1ccc(C(=O)c2ccccc2)cc1)c1ccccc1. The molecule has 0 aliphatic heterocycles. The maximum atomic E-state index is 12.5. The van der Waals surface area contributed by atoms with Crippen LogP contribution in [0, 0.1) is 0 Å². The summed E-state index contributed by atoms with van der Waals surface area (Å²) in [5.74, 6) is 0.328. The van der Waals surface area contributed by atoms with Gasteiger partial charge in [-0.05, 0) is 42.9 Å². The summed E-state index contributed by atoms with van der Waals surface area (Å²) in [6.07, 6.45) is 0. The van der Waals surface area contributed by atoms with Gasteiger partial charge in [0.2, 0.25) is 0 Å². The van der Waals surface area contributed by atoms with Crippen LogP contribution in [0.4, 0.5) is 0 Å². The maximum Gasteiger partial charge on any atom is 0.258 e. The summed E-state index contributed by atoms with van der Waals surface area (Å²) in [7, 11) is 0. The van der Waals surface area contributed by atoms with Gasteiger partial charge in [-0.2, -0.15) is 0 Å². The maximum absolute atomic E-state index is 12.5. The number of rotatable bonds is 11. The van der Waals surface area contributed by atoms with Gasteiger partial charge in [0.15, 0.2) is 12.4 Å². The predicted molar refractivity (Wildman–Crippen MR) is 127 cm³/mol. The average Bonchev–Trinajstić information content (AvgIpc) is 2.86. The van der Waals surface area contributed by atoms with Gasteiger partial charge in [-0.15, -0.1) is 0 Å². The van der Waals surface area contributed by atoms with E-state index in [0.717, 1.165) is 13.1 Å². The van der Waals surface area contributed by atoms with Crippen molar-refractivity contribution < 1.29 is 14.3 Å². The molecule has 0 aliphatic rings. The van der Waals surface area contributed by atoms with E-state index in [9.17, 15) is 9.59 Å². The van der Waals surface area contributed by atoms with Crippen LogP contribution >= 0.6 is 0 Å². The molecule has 3 rings (SSSR count). The lowest BCUT2D eigenvalue weighted by Crippen LogP contribution is -2.39. The first-order valence-corrected chi connectivity index (χ1v) is 11.0. The fourth-order valence-electron chi connectivity index (χ4n) is 3.67. The molecular weight excluding hydrogens is 400 g/mol. The van der Waals surface area contributed by atoms with E-state index < -0.39 is 0 Å². The third-order valence-corrected chi connectivity index (χ3v) is 5.45. The Labute approximate surface area is 190 Å². The van der Waals surface area contributed by atoms with Crippen molar-refractivity contribution in [2.75, 3.05) is 26.2 Å². The fraction of sp³-hybridized carbons (Fsp3) is 0.259. The molecule has 3 aromatic rings. The predicted octanol–water partition coefficient (Wildman–Crippen LogP) is 4.50. The standard InChI is InChI=1S/C27H30N2O3/c1-3-29(4-2)25(21-11-7-5-8-12-21)19-28-26(30)20-32-24-17-15-23(16-18-24)27(31)22-13-9-6-10-14-22/h5-18,25H,3-4,19-20H2,1-2H3,(H,28,30)/t25-/m0/s1. The van der Waals surface area contributed by atoms with Gasteiger partial charge in [0.05, 0.1) is 6.04 Å². The highest BCUT2D eigenvalue weighted by molar-refractivity contribution is 6.08. The van der Waals surface area contributed by atoms with Crippen LogP contribution in [0.15, 0.2) is 84.9 Å².